The summed E-state index contributed by atoms with van der Waals surface area (Å²) < 4.78 is 5.66. The summed E-state index contributed by atoms with van der Waals surface area (Å²) in [6, 6.07) is 24.7. The molecular formula is C24H25N3O2S. The summed E-state index contributed by atoms with van der Waals surface area (Å²) >= 11 is 5.28. The molecule has 6 heteroatoms. The van der Waals surface area contributed by atoms with E-state index in [0.29, 0.717) is 17.9 Å². The highest BCUT2D eigenvalue weighted by Gasteiger charge is 2.09. The van der Waals surface area contributed by atoms with Crippen molar-refractivity contribution in [3.8, 4) is 5.75 Å². The normalized spacial score (nSPS) is 10.2. The maximum absolute atomic E-state index is 12.5. The van der Waals surface area contributed by atoms with Crippen LogP contribution in [-0.2, 0) is 0 Å². The SMILES string of the molecule is CCCCOc1cccc(C(=O)NC(=S)Nc2ccc(Nc3ccccc3)cc2)c1. The fourth-order valence-corrected chi connectivity index (χ4v) is 2.93. The van der Waals surface area contributed by atoms with E-state index in [4.69, 9.17) is 17.0 Å². The average Bonchev–Trinajstić information content (AvgIpc) is 2.76. The van der Waals surface area contributed by atoms with E-state index < -0.39 is 0 Å². The van der Waals surface area contributed by atoms with Crippen LogP contribution in [0.2, 0.25) is 0 Å². The monoisotopic (exact) mass is 419 g/mol. The molecule has 0 aromatic heterocycles. The molecule has 0 aliphatic rings. The van der Waals surface area contributed by atoms with Crippen LogP contribution in [-0.4, -0.2) is 17.6 Å². The van der Waals surface area contributed by atoms with Gasteiger partial charge in [0, 0.05) is 22.6 Å². The van der Waals surface area contributed by atoms with Crippen LogP contribution in [0.15, 0.2) is 78.9 Å². The lowest BCUT2D eigenvalue weighted by molar-refractivity contribution is 0.0977. The number of thiocarbonyl (C=S) groups is 1. The van der Waals surface area contributed by atoms with Gasteiger partial charge in [-0.05, 0) is 73.2 Å². The predicted molar refractivity (Wildman–Crippen MR) is 127 cm³/mol. The zero-order chi connectivity index (χ0) is 21.2. The smallest absolute Gasteiger partial charge is 0.257 e. The van der Waals surface area contributed by atoms with Crippen molar-refractivity contribution < 1.29 is 9.53 Å². The van der Waals surface area contributed by atoms with E-state index in [9.17, 15) is 4.79 Å². The maximum Gasteiger partial charge on any atom is 0.257 e. The minimum absolute atomic E-state index is 0.237. The van der Waals surface area contributed by atoms with Crippen molar-refractivity contribution in [2.75, 3.05) is 17.2 Å². The Bertz CT molecular complexity index is 975. The number of anilines is 3. The lowest BCUT2D eigenvalue weighted by atomic mass is 10.2. The second-order valence-electron chi connectivity index (χ2n) is 6.71. The van der Waals surface area contributed by atoms with Gasteiger partial charge in [0.1, 0.15) is 5.75 Å². The second-order valence-corrected chi connectivity index (χ2v) is 7.11. The molecular weight excluding hydrogens is 394 g/mol. The van der Waals surface area contributed by atoms with E-state index in [1.165, 1.54) is 0 Å². The number of ether oxygens (including phenoxy) is 1. The van der Waals surface area contributed by atoms with E-state index in [-0.39, 0.29) is 11.0 Å². The van der Waals surface area contributed by atoms with Crippen LogP contribution < -0.4 is 20.7 Å². The van der Waals surface area contributed by atoms with Crippen molar-refractivity contribution in [3.63, 3.8) is 0 Å². The lowest BCUT2D eigenvalue weighted by Gasteiger charge is -2.12. The fourth-order valence-electron chi connectivity index (χ4n) is 2.72. The molecule has 0 atom stereocenters. The van der Waals surface area contributed by atoms with Crippen molar-refractivity contribution in [3.05, 3.63) is 84.4 Å². The Kier molecular flexibility index (Phi) is 7.80. The van der Waals surface area contributed by atoms with E-state index in [1.54, 1.807) is 18.2 Å². The van der Waals surface area contributed by atoms with Gasteiger partial charge in [-0.15, -0.1) is 0 Å². The molecule has 0 spiro atoms. The van der Waals surface area contributed by atoms with Crippen molar-refractivity contribution in [1.82, 2.24) is 5.32 Å². The summed E-state index contributed by atoms with van der Waals surface area (Å²) in [6.45, 7) is 2.74. The minimum atomic E-state index is -0.282. The summed E-state index contributed by atoms with van der Waals surface area (Å²) in [4.78, 5) is 12.5. The van der Waals surface area contributed by atoms with E-state index in [1.807, 2.05) is 60.7 Å². The van der Waals surface area contributed by atoms with Crippen molar-refractivity contribution in [2.24, 2.45) is 0 Å². The van der Waals surface area contributed by atoms with Crippen molar-refractivity contribution in [1.29, 1.82) is 0 Å². The second kappa shape index (κ2) is 11.0. The zero-order valence-corrected chi connectivity index (χ0v) is 17.7. The van der Waals surface area contributed by atoms with Gasteiger partial charge in [0.2, 0.25) is 0 Å². The molecule has 0 aliphatic heterocycles. The summed E-state index contributed by atoms with van der Waals surface area (Å²) in [5.41, 5.74) is 3.26. The average molecular weight is 420 g/mol. The number of amides is 1. The Labute approximate surface area is 182 Å². The number of rotatable bonds is 8. The zero-order valence-electron chi connectivity index (χ0n) is 16.9. The largest absolute Gasteiger partial charge is 0.494 e. The Balaban J connectivity index is 1.52. The molecule has 0 saturated heterocycles. The Morgan fingerprint density at radius 1 is 0.900 bits per heavy atom. The van der Waals surface area contributed by atoms with Gasteiger partial charge in [-0.3, -0.25) is 10.1 Å². The van der Waals surface area contributed by atoms with Crippen LogP contribution >= 0.6 is 12.2 Å². The summed E-state index contributed by atoms with van der Waals surface area (Å²) in [5.74, 6) is 0.396. The Morgan fingerprint density at radius 2 is 1.60 bits per heavy atom. The number of hydrogen-bond acceptors (Lipinski definition) is 4. The minimum Gasteiger partial charge on any atom is -0.494 e. The van der Waals surface area contributed by atoms with Gasteiger partial charge < -0.3 is 15.4 Å². The van der Waals surface area contributed by atoms with Crippen LogP contribution in [0.1, 0.15) is 30.1 Å². The molecule has 3 N–H and O–H groups in total. The van der Waals surface area contributed by atoms with Crippen LogP contribution in [0.3, 0.4) is 0 Å². The number of carbonyl (C=O) groups is 1. The first-order valence-corrected chi connectivity index (χ1v) is 10.3. The maximum atomic E-state index is 12.5. The number of nitrogens with one attached hydrogen (secondary N) is 3. The molecule has 3 rings (SSSR count). The van der Waals surface area contributed by atoms with Crippen LogP contribution in [0.4, 0.5) is 17.1 Å². The first-order chi connectivity index (χ1) is 14.6. The van der Waals surface area contributed by atoms with Crippen molar-refractivity contribution in [2.45, 2.75) is 19.8 Å². The van der Waals surface area contributed by atoms with Crippen molar-refractivity contribution >= 4 is 40.3 Å². The Hall–Kier alpha value is -3.38. The predicted octanol–water partition coefficient (Wildman–Crippen LogP) is 5.74. The Morgan fingerprint density at radius 3 is 2.33 bits per heavy atom. The molecule has 0 radical (unpaired) electrons. The molecule has 5 nitrogen and oxygen atoms in total. The molecule has 154 valence electrons. The molecule has 3 aromatic rings. The molecule has 0 aliphatic carbocycles. The van der Waals surface area contributed by atoms with Gasteiger partial charge in [-0.1, -0.05) is 37.6 Å². The number of carbonyl (C=O) groups excluding carboxylic acids is 1. The van der Waals surface area contributed by atoms with Gasteiger partial charge in [-0.25, -0.2) is 0 Å². The van der Waals surface area contributed by atoms with Gasteiger partial charge in [0.25, 0.3) is 5.91 Å². The molecule has 3 aromatic carbocycles. The number of unbranched alkanes of at least 4 members (excludes halogenated alkanes) is 1. The van der Waals surface area contributed by atoms with Crippen LogP contribution in [0, 0.1) is 0 Å². The quantitative estimate of drug-likeness (QED) is 0.321. The molecule has 0 bridgehead atoms. The standard InChI is InChI=1S/C24H25N3O2S/c1-2-3-16-29-22-11-7-8-18(17-22)23(28)27-24(30)26-21-14-12-20(13-15-21)25-19-9-5-4-6-10-19/h4-15,17,25H,2-3,16H2,1H3,(H2,26,27,28,30). The first-order valence-electron chi connectivity index (χ1n) is 9.91. The van der Waals surface area contributed by atoms with Crippen LogP contribution in [0.25, 0.3) is 0 Å². The first kappa shape index (κ1) is 21.3. The highest BCUT2D eigenvalue weighted by atomic mass is 32.1. The number of benzene rings is 3. The summed E-state index contributed by atoms with van der Waals surface area (Å²) in [7, 11) is 0. The van der Waals surface area contributed by atoms with E-state index >= 15 is 0 Å². The van der Waals surface area contributed by atoms with E-state index in [0.717, 1.165) is 29.9 Å². The van der Waals surface area contributed by atoms with Gasteiger partial charge >= 0.3 is 0 Å². The van der Waals surface area contributed by atoms with Gasteiger partial charge in [0.05, 0.1) is 6.61 Å². The molecule has 0 saturated carbocycles. The molecule has 30 heavy (non-hydrogen) atoms. The van der Waals surface area contributed by atoms with Gasteiger partial charge in [0.15, 0.2) is 5.11 Å². The molecule has 1 amide bonds. The van der Waals surface area contributed by atoms with Crippen LogP contribution in [0.5, 0.6) is 5.75 Å². The third-order valence-electron chi connectivity index (χ3n) is 4.30. The summed E-state index contributed by atoms with van der Waals surface area (Å²) in [6.07, 6.45) is 2.04. The fraction of sp³-hybridized carbons (Fsp3) is 0.167. The third-order valence-corrected chi connectivity index (χ3v) is 4.50. The molecule has 0 heterocycles. The number of hydrogen-bond donors (Lipinski definition) is 3. The van der Waals surface area contributed by atoms with E-state index in [2.05, 4.69) is 22.9 Å². The lowest BCUT2D eigenvalue weighted by Crippen LogP contribution is -2.34. The topological polar surface area (TPSA) is 62.4 Å². The third kappa shape index (κ3) is 6.60. The van der Waals surface area contributed by atoms with Gasteiger partial charge in [-0.2, -0.15) is 0 Å². The summed E-state index contributed by atoms with van der Waals surface area (Å²) in [5, 5.41) is 9.29. The molecule has 0 fully saturated rings. The molecule has 0 unspecified atom stereocenters. The highest BCUT2D eigenvalue weighted by molar-refractivity contribution is 7.80. The number of para-hydroxylation sites is 1. The highest BCUT2D eigenvalue weighted by Crippen LogP contribution is 2.19.